The van der Waals surface area contributed by atoms with Gasteiger partial charge in [-0.15, -0.1) is 0 Å². The summed E-state index contributed by atoms with van der Waals surface area (Å²) in [5, 5.41) is 20.5. The van der Waals surface area contributed by atoms with Crippen LogP contribution in [-0.2, 0) is 9.78 Å². The summed E-state index contributed by atoms with van der Waals surface area (Å²) in [6, 6.07) is 0. The van der Waals surface area contributed by atoms with Gasteiger partial charge in [0, 0.05) is 5.41 Å². The van der Waals surface area contributed by atoms with E-state index < -0.39 is 16.8 Å². The van der Waals surface area contributed by atoms with E-state index in [1.54, 1.807) is 19.1 Å². The van der Waals surface area contributed by atoms with Gasteiger partial charge in [-0.1, -0.05) is 30.7 Å². The molecule has 1 saturated carbocycles. The third kappa shape index (κ3) is 2.80. The van der Waals surface area contributed by atoms with Crippen LogP contribution in [0, 0.1) is 17.3 Å². The first-order valence-corrected chi connectivity index (χ1v) is 8.97. The van der Waals surface area contributed by atoms with Crippen molar-refractivity contribution in [1.82, 2.24) is 0 Å². The van der Waals surface area contributed by atoms with Gasteiger partial charge in [0.15, 0.2) is 0 Å². The maximum Gasteiger partial charge on any atom is 0.224 e. The number of hydrogen-bond donors (Lipinski definition) is 2. The summed E-state index contributed by atoms with van der Waals surface area (Å²) >= 11 is 0. The Morgan fingerprint density at radius 2 is 2.00 bits per heavy atom. The largest absolute Gasteiger partial charge is 0.393 e. The van der Waals surface area contributed by atoms with Crippen LogP contribution < -0.4 is 0 Å². The summed E-state index contributed by atoms with van der Waals surface area (Å²) in [6.07, 6.45) is 10.7. The van der Waals surface area contributed by atoms with Crippen molar-refractivity contribution in [1.29, 1.82) is 0 Å². The zero-order valence-electron chi connectivity index (χ0n) is 15.0. The summed E-state index contributed by atoms with van der Waals surface area (Å²) in [7, 11) is 0. The highest BCUT2D eigenvalue weighted by molar-refractivity contribution is 5.23. The summed E-state index contributed by atoms with van der Waals surface area (Å²) in [5.74, 6) is -0.723. The van der Waals surface area contributed by atoms with Crippen molar-refractivity contribution in [2.75, 3.05) is 6.61 Å². The lowest BCUT2D eigenvalue weighted by atomic mass is 9.48. The van der Waals surface area contributed by atoms with E-state index in [4.69, 9.17) is 9.78 Å². The zero-order valence-corrected chi connectivity index (χ0v) is 15.0. The van der Waals surface area contributed by atoms with Crippen molar-refractivity contribution in [2.24, 2.45) is 17.3 Å². The monoisotopic (exact) mass is 334 g/mol. The average molecular weight is 334 g/mol. The lowest BCUT2D eigenvalue weighted by Crippen LogP contribution is -2.63. The lowest BCUT2D eigenvalue weighted by Gasteiger charge is -2.60. The minimum atomic E-state index is -1.46. The second-order valence-electron chi connectivity index (χ2n) is 8.29. The molecule has 0 aromatic heterocycles. The van der Waals surface area contributed by atoms with Crippen LogP contribution in [0.1, 0.15) is 52.9 Å². The molecule has 0 amide bonds. The minimum absolute atomic E-state index is 0.191. The fraction of sp³-hybridized carbons (Fsp3) is 0.700. The predicted octanol–water partition coefficient (Wildman–Crippen LogP) is 3.66. The van der Waals surface area contributed by atoms with E-state index in [0.717, 1.165) is 32.1 Å². The molecule has 0 bridgehead atoms. The molecule has 1 fully saturated rings. The molecule has 4 heteroatoms. The van der Waals surface area contributed by atoms with Gasteiger partial charge in [-0.25, -0.2) is 4.89 Å². The molecule has 0 unspecified atom stereocenters. The van der Waals surface area contributed by atoms with Crippen LogP contribution >= 0.6 is 0 Å². The second-order valence-corrected chi connectivity index (χ2v) is 8.29. The van der Waals surface area contributed by atoms with E-state index in [2.05, 4.69) is 26.5 Å². The standard InChI is InChI=1S/C20H30O4/c1-14-6-5-7-15(2)16-12-19(4,17(16)9-8-14)20(22)11-10-18(3,13-21)23-24-20/h6,10-11,16-17,21-22H,2,5,7-9,12-13H2,1,3-4H3/b14-6+/t16-,17-,18+,19-,20+/m0/s1. The number of allylic oxidation sites excluding steroid dienone is 3. The van der Waals surface area contributed by atoms with E-state index >= 15 is 0 Å². The van der Waals surface area contributed by atoms with Gasteiger partial charge in [0.2, 0.25) is 5.79 Å². The molecular formula is C20H30O4. The van der Waals surface area contributed by atoms with Gasteiger partial charge in [-0.3, -0.25) is 0 Å². The highest BCUT2D eigenvalue weighted by Crippen LogP contribution is 2.63. The third-order valence-corrected chi connectivity index (χ3v) is 6.43. The Morgan fingerprint density at radius 3 is 2.62 bits per heavy atom. The normalized spacial score (nSPS) is 48.4. The zero-order chi connectivity index (χ0) is 17.6. The summed E-state index contributed by atoms with van der Waals surface area (Å²) in [6.45, 7) is 10.1. The number of aliphatic hydroxyl groups is 2. The van der Waals surface area contributed by atoms with Crippen LogP contribution in [-0.4, -0.2) is 28.2 Å². The van der Waals surface area contributed by atoms with Crippen molar-refractivity contribution in [3.05, 3.63) is 36.0 Å². The van der Waals surface area contributed by atoms with Gasteiger partial charge in [0.25, 0.3) is 0 Å². The molecule has 2 aliphatic carbocycles. The molecule has 134 valence electrons. The molecule has 1 heterocycles. The van der Waals surface area contributed by atoms with E-state index in [-0.39, 0.29) is 6.61 Å². The van der Waals surface area contributed by atoms with Crippen LogP contribution in [0.2, 0.25) is 0 Å². The van der Waals surface area contributed by atoms with Gasteiger partial charge in [-0.05, 0) is 69.9 Å². The van der Waals surface area contributed by atoms with Crippen LogP contribution in [0.15, 0.2) is 36.0 Å². The van der Waals surface area contributed by atoms with Crippen LogP contribution in [0.4, 0.5) is 0 Å². The van der Waals surface area contributed by atoms with Crippen molar-refractivity contribution in [2.45, 2.75) is 64.3 Å². The van der Waals surface area contributed by atoms with E-state index in [9.17, 15) is 10.2 Å². The fourth-order valence-corrected chi connectivity index (χ4v) is 4.44. The fourth-order valence-electron chi connectivity index (χ4n) is 4.44. The highest BCUT2D eigenvalue weighted by Gasteiger charge is 2.63. The van der Waals surface area contributed by atoms with Gasteiger partial charge in [-0.2, -0.15) is 4.89 Å². The van der Waals surface area contributed by atoms with Crippen LogP contribution in [0.3, 0.4) is 0 Å². The first-order chi connectivity index (χ1) is 11.2. The number of hydrogen-bond acceptors (Lipinski definition) is 4. The van der Waals surface area contributed by atoms with Gasteiger partial charge in [0.1, 0.15) is 5.60 Å². The van der Waals surface area contributed by atoms with Crippen LogP contribution in [0.5, 0.6) is 0 Å². The maximum atomic E-state index is 11.1. The minimum Gasteiger partial charge on any atom is -0.393 e. The predicted molar refractivity (Wildman–Crippen MR) is 92.8 cm³/mol. The highest BCUT2D eigenvalue weighted by atomic mass is 17.2. The lowest BCUT2D eigenvalue weighted by molar-refractivity contribution is -0.480. The third-order valence-electron chi connectivity index (χ3n) is 6.43. The van der Waals surface area contributed by atoms with E-state index in [0.29, 0.717) is 11.8 Å². The molecule has 0 aromatic rings. The quantitative estimate of drug-likeness (QED) is 0.598. The molecule has 0 spiro atoms. The Balaban J connectivity index is 1.84. The molecule has 0 aromatic carbocycles. The number of aliphatic hydroxyl groups excluding tert-OH is 1. The topological polar surface area (TPSA) is 58.9 Å². The first-order valence-electron chi connectivity index (χ1n) is 8.97. The summed E-state index contributed by atoms with van der Waals surface area (Å²) < 4.78 is 0. The Kier molecular flexibility index (Phi) is 4.54. The van der Waals surface area contributed by atoms with Gasteiger partial charge >= 0.3 is 0 Å². The maximum absolute atomic E-state index is 11.1. The average Bonchev–Trinajstić information content (AvgIpc) is 2.59. The van der Waals surface area contributed by atoms with E-state index in [1.807, 2.05) is 0 Å². The summed E-state index contributed by atoms with van der Waals surface area (Å²) in [4.78, 5) is 10.8. The SMILES string of the molecule is C=C1CC/C=C(\C)CC[C@H]2[C@H]1C[C@]2(C)[C@@]1(O)C=C[C@](C)(CO)OO1. The summed E-state index contributed by atoms with van der Waals surface area (Å²) in [5.41, 5.74) is 1.38. The molecule has 2 N–H and O–H groups in total. The van der Waals surface area contributed by atoms with Gasteiger partial charge in [0.05, 0.1) is 6.61 Å². The molecule has 0 saturated heterocycles. The second kappa shape index (κ2) is 6.10. The molecule has 4 nitrogen and oxygen atoms in total. The van der Waals surface area contributed by atoms with Crippen molar-refractivity contribution < 1.29 is 20.0 Å². The molecular weight excluding hydrogens is 304 g/mol. The van der Waals surface area contributed by atoms with Crippen molar-refractivity contribution in [3.63, 3.8) is 0 Å². The molecule has 3 rings (SSSR count). The molecule has 3 aliphatic rings. The van der Waals surface area contributed by atoms with E-state index in [1.165, 1.54) is 11.1 Å². The van der Waals surface area contributed by atoms with Crippen molar-refractivity contribution >= 4 is 0 Å². The molecule has 1 aliphatic heterocycles. The molecule has 24 heavy (non-hydrogen) atoms. The molecule has 0 radical (unpaired) electrons. The Morgan fingerprint density at radius 1 is 1.25 bits per heavy atom. The Hall–Kier alpha value is -0.940. The number of rotatable bonds is 2. The van der Waals surface area contributed by atoms with Crippen LogP contribution in [0.25, 0.3) is 0 Å². The number of fused-ring (bicyclic) bond motifs is 1. The smallest absolute Gasteiger partial charge is 0.224 e. The Bertz CT molecular complexity index is 580. The Labute approximate surface area is 144 Å². The van der Waals surface area contributed by atoms with Crippen molar-refractivity contribution in [3.8, 4) is 0 Å². The van der Waals surface area contributed by atoms with Gasteiger partial charge < -0.3 is 10.2 Å². The molecule has 5 atom stereocenters. The first kappa shape index (κ1) is 17.9.